The number of benzene rings is 1. The second-order valence-corrected chi connectivity index (χ2v) is 7.01. The Bertz CT molecular complexity index is 604. The molecule has 0 spiro atoms. The number of carbonyl (C=O) groups is 1. The van der Waals surface area contributed by atoms with Gasteiger partial charge in [0.1, 0.15) is 0 Å². The summed E-state index contributed by atoms with van der Waals surface area (Å²) in [4.78, 5) is 11.0. The van der Waals surface area contributed by atoms with Gasteiger partial charge in [0.25, 0.3) is 0 Å². The first-order valence-electron chi connectivity index (χ1n) is 6.53. The molecule has 2 atom stereocenters. The standard InChI is InChI=1S/C13H18N2O5S/c1-9(16)14-10-2-4-13(5-3-10)21(19,20)15-7-11(17)6-12(18)8-15/h2-5,11-12,17-18H,6-8H2,1H3,(H,14,16). The molecular formula is C13H18N2O5S. The van der Waals surface area contributed by atoms with E-state index in [0.29, 0.717) is 5.69 Å². The average Bonchev–Trinajstić information content (AvgIpc) is 2.37. The third-order valence-electron chi connectivity index (χ3n) is 3.19. The van der Waals surface area contributed by atoms with Crippen LogP contribution in [0.3, 0.4) is 0 Å². The number of aliphatic hydroxyl groups is 2. The van der Waals surface area contributed by atoms with Crippen LogP contribution in [0.25, 0.3) is 0 Å². The first kappa shape index (κ1) is 15.9. The van der Waals surface area contributed by atoms with Crippen LogP contribution >= 0.6 is 0 Å². The van der Waals surface area contributed by atoms with E-state index in [2.05, 4.69) is 5.32 Å². The number of sulfonamides is 1. The summed E-state index contributed by atoms with van der Waals surface area (Å²) < 4.78 is 25.9. The van der Waals surface area contributed by atoms with Crippen LogP contribution in [0.15, 0.2) is 29.2 Å². The van der Waals surface area contributed by atoms with E-state index in [9.17, 15) is 23.4 Å². The molecule has 2 rings (SSSR count). The molecule has 21 heavy (non-hydrogen) atoms. The summed E-state index contributed by atoms with van der Waals surface area (Å²) >= 11 is 0. The van der Waals surface area contributed by atoms with Crippen molar-refractivity contribution < 1.29 is 23.4 Å². The molecule has 0 radical (unpaired) electrons. The minimum absolute atomic E-state index is 0.0349. The SMILES string of the molecule is CC(=O)Nc1ccc(S(=O)(=O)N2CC(O)CC(O)C2)cc1. The van der Waals surface area contributed by atoms with E-state index in [1.807, 2.05) is 0 Å². The maximum Gasteiger partial charge on any atom is 0.243 e. The molecule has 0 aliphatic carbocycles. The first-order chi connectivity index (χ1) is 9.79. The normalized spacial score (nSPS) is 23.8. The second-order valence-electron chi connectivity index (χ2n) is 5.07. The zero-order chi connectivity index (χ0) is 15.6. The lowest BCUT2D eigenvalue weighted by atomic mass is 10.1. The molecule has 1 aliphatic rings. The van der Waals surface area contributed by atoms with Crippen molar-refractivity contribution in [2.24, 2.45) is 0 Å². The number of nitrogens with zero attached hydrogens (tertiary/aromatic N) is 1. The molecule has 1 heterocycles. The molecule has 116 valence electrons. The van der Waals surface area contributed by atoms with Crippen LogP contribution in [-0.2, 0) is 14.8 Å². The van der Waals surface area contributed by atoms with Crippen LogP contribution in [0.1, 0.15) is 13.3 Å². The summed E-state index contributed by atoms with van der Waals surface area (Å²) in [6.07, 6.45) is -1.57. The fourth-order valence-corrected chi connectivity index (χ4v) is 3.78. The van der Waals surface area contributed by atoms with E-state index < -0.39 is 22.2 Å². The lowest BCUT2D eigenvalue weighted by molar-refractivity contribution is -0.114. The highest BCUT2D eigenvalue weighted by atomic mass is 32.2. The lowest BCUT2D eigenvalue weighted by Gasteiger charge is -2.32. The fourth-order valence-electron chi connectivity index (χ4n) is 2.27. The highest BCUT2D eigenvalue weighted by Gasteiger charge is 2.33. The zero-order valence-electron chi connectivity index (χ0n) is 11.6. The van der Waals surface area contributed by atoms with Crippen LogP contribution < -0.4 is 5.32 Å². The van der Waals surface area contributed by atoms with Crippen molar-refractivity contribution >= 4 is 21.6 Å². The summed E-state index contributed by atoms with van der Waals surface area (Å²) in [5.41, 5.74) is 0.500. The third kappa shape index (κ3) is 3.79. The van der Waals surface area contributed by atoms with Gasteiger partial charge in [0, 0.05) is 32.1 Å². The number of β-amino-alcohol motifs (C(OH)–C–C–N with tert-alkyl or cyclic N) is 2. The maximum absolute atomic E-state index is 12.4. The molecule has 1 saturated heterocycles. The van der Waals surface area contributed by atoms with Crippen molar-refractivity contribution in [2.75, 3.05) is 18.4 Å². The Morgan fingerprint density at radius 3 is 2.19 bits per heavy atom. The number of hydrogen-bond acceptors (Lipinski definition) is 5. The van der Waals surface area contributed by atoms with Crippen LogP contribution in [0.4, 0.5) is 5.69 Å². The second kappa shape index (κ2) is 6.10. The van der Waals surface area contributed by atoms with Gasteiger partial charge in [-0.25, -0.2) is 8.42 Å². The van der Waals surface area contributed by atoms with Gasteiger partial charge in [-0.3, -0.25) is 4.79 Å². The van der Waals surface area contributed by atoms with E-state index in [-0.39, 0.29) is 30.3 Å². The Morgan fingerprint density at radius 1 is 1.19 bits per heavy atom. The van der Waals surface area contributed by atoms with E-state index >= 15 is 0 Å². The van der Waals surface area contributed by atoms with Gasteiger partial charge >= 0.3 is 0 Å². The molecule has 1 amide bonds. The maximum atomic E-state index is 12.4. The molecule has 1 aromatic rings. The lowest BCUT2D eigenvalue weighted by Crippen LogP contribution is -2.48. The molecule has 0 aromatic heterocycles. The van der Waals surface area contributed by atoms with Crippen LogP contribution in [0.2, 0.25) is 0 Å². The van der Waals surface area contributed by atoms with Crippen molar-refractivity contribution in [3.8, 4) is 0 Å². The van der Waals surface area contributed by atoms with Crippen molar-refractivity contribution in [3.05, 3.63) is 24.3 Å². The predicted octanol–water partition coefficient (Wildman–Crippen LogP) is -0.239. The number of carbonyl (C=O) groups excluding carboxylic acids is 1. The number of nitrogens with one attached hydrogen (secondary N) is 1. The monoisotopic (exact) mass is 314 g/mol. The van der Waals surface area contributed by atoms with Gasteiger partial charge in [0.15, 0.2) is 0 Å². The van der Waals surface area contributed by atoms with Gasteiger partial charge in [-0.15, -0.1) is 0 Å². The Morgan fingerprint density at radius 2 is 1.71 bits per heavy atom. The number of hydrogen-bond donors (Lipinski definition) is 3. The van der Waals surface area contributed by atoms with Gasteiger partial charge in [0.2, 0.25) is 15.9 Å². The van der Waals surface area contributed by atoms with E-state index in [1.54, 1.807) is 0 Å². The Kier molecular flexibility index (Phi) is 4.62. The van der Waals surface area contributed by atoms with Gasteiger partial charge in [-0.05, 0) is 24.3 Å². The summed E-state index contributed by atoms with van der Waals surface area (Å²) in [6, 6.07) is 5.75. The molecule has 7 nitrogen and oxygen atoms in total. The van der Waals surface area contributed by atoms with Gasteiger partial charge in [-0.1, -0.05) is 0 Å². The topological polar surface area (TPSA) is 107 Å². The van der Waals surface area contributed by atoms with Crippen LogP contribution in [0.5, 0.6) is 0 Å². The van der Waals surface area contributed by atoms with E-state index in [1.165, 1.54) is 31.2 Å². The summed E-state index contributed by atoms with van der Waals surface area (Å²) in [7, 11) is -3.77. The first-order valence-corrected chi connectivity index (χ1v) is 7.97. The molecule has 2 unspecified atom stereocenters. The Hall–Kier alpha value is -1.48. The van der Waals surface area contributed by atoms with Crippen molar-refractivity contribution in [1.82, 2.24) is 4.31 Å². The van der Waals surface area contributed by atoms with Crippen molar-refractivity contribution in [1.29, 1.82) is 0 Å². The van der Waals surface area contributed by atoms with E-state index in [0.717, 1.165) is 4.31 Å². The largest absolute Gasteiger partial charge is 0.392 e. The summed E-state index contributed by atoms with van der Waals surface area (Å²) in [6.45, 7) is 1.29. The molecule has 1 aliphatic heterocycles. The number of anilines is 1. The number of amides is 1. The number of rotatable bonds is 3. The molecule has 1 aromatic carbocycles. The van der Waals surface area contributed by atoms with Crippen LogP contribution in [-0.4, -0.2) is 54.1 Å². The molecule has 1 fully saturated rings. The van der Waals surface area contributed by atoms with E-state index in [4.69, 9.17) is 0 Å². The van der Waals surface area contributed by atoms with Gasteiger partial charge in [0.05, 0.1) is 17.1 Å². The summed E-state index contributed by atoms with van der Waals surface area (Å²) in [5, 5.41) is 21.7. The summed E-state index contributed by atoms with van der Waals surface area (Å²) in [5.74, 6) is -0.243. The van der Waals surface area contributed by atoms with Crippen LogP contribution in [0, 0.1) is 0 Å². The predicted molar refractivity (Wildman–Crippen MR) is 76.1 cm³/mol. The van der Waals surface area contributed by atoms with Gasteiger partial charge < -0.3 is 15.5 Å². The quantitative estimate of drug-likeness (QED) is 0.714. The van der Waals surface area contributed by atoms with Crippen molar-refractivity contribution in [3.63, 3.8) is 0 Å². The highest BCUT2D eigenvalue weighted by Crippen LogP contribution is 2.22. The highest BCUT2D eigenvalue weighted by molar-refractivity contribution is 7.89. The fraction of sp³-hybridized carbons (Fsp3) is 0.462. The Balaban J connectivity index is 2.21. The average molecular weight is 314 g/mol. The third-order valence-corrected chi connectivity index (χ3v) is 5.03. The minimum atomic E-state index is -3.77. The number of aliphatic hydroxyl groups excluding tert-OH is 2. The zero-order valence-corrected chi connectivity index (χ0v) is 12.4. The minimum Gasteiger partial charge on any atom is -0.392 e. The number of piperidine rings is 1. The molecule has 0 bridgehead atoms. The van der Waals surface area contributed by atoms with Crippen molar-refractivity contribution in [2.45, 2.75) is 30.4 Å². The Labute approximate surface area is 123 Å². The molecule has 8 heteroatoms. The molecule has 0 saturated carbocycles. The van der Waals surface area contributed by atoms with Gasteiger partial charge in [-0.2, -0.15) is 4.31 Å². The molecular weight excluding hydrogens is 296 g/mol. The molecule has 3 N–H and O–H groups in total. The smallest absolute Gasteiger partial charge is 0.243 e.